The van der Waals surface area contributed by atoms with Crippen LogP contribution in [-0.2, 0) is 71.4 Å². The number of carbonyl (C=O) groups excluding carboxylic acids is 3. The number of rotatable bonds is 26. The van der Waals surface area contributed by atoms with Crippen molar-refractivity contribution in [2.45, 2.75) is 203 Å². The lowest BCUT2D eigenvalue weighted by atomic mass is 9.86. The summed E-state index contributed by atoms with van der Waals surface area (Å²) in [6.07, 6.45) is -54.8. The first-order chi connectivity index (χ1) is 39.3. The van der Waals surface area contributed by atoms with Gasteiger partial charge in [-0.3, -0.25) is 14.4 Å². The maximum Gasteiger partial charge on any atom is 0.364 e. The fourth-order valence-corrected chi connectivity index (χ4v) is 10.3. The van der Waals surface area contributed by atoms with E-state index < -0.39 is 265 Å². The Labute approximate surface area is 472 Å². The van der Waals surface area contributed by atoms with Crippen molar-refractivity contribution in [3.8, 4) is 0 Å². The molecule has 84 heavy (non-hydrogen) atoms. The summed E-state index contributed by atoms with van der Waals surface area (Å²) in [6, 6.07) is -6.01. The van der Waals surface area contributed by atoms with Gasteiger partial charge < -0.3 is 166 Å². The molecule has 0 aromatic heterocycles. The van der Waals surface area contributed by atoms with Crippen LogP contribution < -0.4 is 16.0 Å². The number of amides is 3. The van der Waals surface area contributed by atoms with Crippen LogP contribution in [0.15, 0.2) is 0 Å². The van der Waals surface area contributed by atoms with Gasteiger partial charge in [-0.05, 0) is 0 Å². The third-order valence-corrected chi connectivity index (χ3v) is 14.6. The van der Waals surface area contributed by atoms with Crippen molar-refractivity contribution in [2.24, 2.45) is 0 Å². The van der Waals surface area contributed by atoms with Gasteiger partial charge in [-0.15, -0.1) is 0 Å². The number of aliphatic carboxylic acids is 3. The van der Waals surface area contributed by atoms with Crippen molar-refractivity contribution in [2.75, 3.05) is 39.6 Å². The first-order valence-electron chi connectivity index (χ1n) is 25.7. The molecule has 1 unspecified atom stereocenters. The molecular formula is C45H73N3O36. The van der Waals surface area contributed by atoms with E-state index in [-0.39, 0.29) is 0 Å². The van der Waals surface area contributed by atoms with E-state index in [2.05, 4.69) is 10.6 Å². The molecule has 0 saturated carbocycles. The third-order valence-electron chi connectivity index (χ3n) is 14.6. The van der Waals surface area contributed by atoms with Crippen molar-refractivity contribution in [3.05, 3.63) is 0 Å². The minimum atomic E-state index is -3.61. The molecule has 5 fully saturated rings. The Morgan fingerprint density at radius 2 is 0.929 bits per heavy atom. The lowest BCUT2D eigenvalue weighted by molar-refractivity contribution is -0.387. The zero-order valence-electron chi connectivity index (χ0n) is 44.3. The largest absolute Gasteiger partial charge is 0.477 e. The van der Waals surface area contributed by atoms with Crippen molar-refractivity contribution in [3.63, 3.8) is 0 Å². The molecule has 39 heteroatoms. The highest BCUT2D eigenvalue weighted by Crippen LogP contribution is 2.42. The van der Waals surface area contributed by atoms with Gasteiger partial charge in [-0.1, -0.05) is 0 Å². The predicted octanol–water partition coefficient (Wildman–Crippen LogP) is -14.9. The van der Waals surface area contributed by atoms with Crippen molar-refractivity contribution in [1.29, 1.82) is 0 Å². The summed E-state index contributed by atoms with van der Waals surface area (Å²) in [5, 5.41) is 232. The Morgan fingerprint density at radius 3 is 1.32 bits per heavy atom. The van der Waals surface area contributed by atoms with E-state index in [1.54, 1.807) is 0 Å². The number of carbonyl (C=O) groups is 6. The minimum absolute atomic E-state index is 0.842. The highest BCUT2D eigenvalue weighted by Gasteiger charge is 2.64. The van der Waals surface area contributed by atoms with E-state index in [0.717, 1.165) is 13.8 Å². The molecule has 0 aromatic rings. The molecular weight excluding hydrogens is 1160 g/mol. The summed E-state index contributed by atoms with van der Waals surface area (Å²) in [4.78, 5) is 77.2. The molecule has 5 heterocycles. The van der Waals surface area contributed by atoms with Gasteiger partial charge in [0, 0.05) is 33.1 Å². The normalized spacial score (nSPS) is 41.4. The number of aliphatic hydroxyl groups is 18. The molecule has 0 aliphatic carbocycles. The molecule has 5 rings (SSSR count). The van der Waals surface area contributed by atoms with Gasteiger partial charge in [0.25, 0.3) is 17.4 Å². The minimum Gasteiger partial charge on any atom is -0.477 e. The average Bonchev–Trinajstić information content (AvgIpc) is 1.06. The second kappa shape index (κ2) is 29.2. The molecule has 0 bridgehead atoms. The standard InChI is InChI=1S/C45H73N3O36/c1-12(55)46-23-14(57)3-43(40(70)71,81-34(23)26(62)17(60)6-49)79-20(9-52)29(65)36-25(48-22(61)11-54)16(59)4-44(82-36,41(72)73)80-19(8-51)28(64)35-24(47-13(2)56)15(58)5-45(83-35,42(74)75)84-37-27(63)18(7-50)77-39(32(37)68)78-33-21(10-53)76-38(69)31(67)30(33)66/h14-21,23-39,49-54,57-60,62-69H,3-11H2,1-2H3,(H,46,55)(H,47,56)(H,48,61)(H,70,71)(H,72,73)(H,74,75)/t14-,15-,16-,17+,18+,19+,20+,21+,23+,24+,25+,26+,27-,28+,29+,30+,31+,32+,33+,34+,35+,36+,37-,38?,39-,43+,44+,45-/m0/s1. The fraction of sp³-hybridized carbons (Fsp3) is 0.867. The van der Waals surface area contributed by atoms with Gasteiger partial charge in [0.2, 0.25) is 17.7 Å². The first kappa shape index (κ1) is 70.5. The first-order valence-corrected chi connectivity index (χ1v) is 25.7. The quantitative estimate of drug-likeness (QED) is 0.0382. The number of hydrogen-bond acceptors (Lipinski definition) is 33. The topological polar surface area (TPSA) is 646 Å². The molecule has 3 amide bonds. The number of carboxylic acid groups (broad SMARTS) is 3. The molecule has 5 aliphatic rings. The van der Waals surface area contributed by atoms with E-state index in [9.17, 15) is 136 Å². The highest BCUT2D eigenvalue weighted by molar-refractivity contribution is 5.79. The average molecular weight is 1230 g/mol. The van der Waals surface area contributed by atoms with Crippen LogP contribution in [0.4, 0.5) is 0 Å². The monoisotopic (exact) mass is 1230 g/mol. The van der Waals surface area contributed by atoms with Crippen molar-refractivity contribution in [1.82, 2.24) is 16.0 Å². The molecule has 0 spiro atoms. The Balaban J connectivity index is 1.53. The summed E-state index contributed by atoms with van der Waals surface area (Å²) in [7, 11) is 0. The van der Waals surface area contributed by atoms with Gasteiger partial charge in [0.05, 0.1) is 69.5 Å². The van der Waals surface area contributed by atoms with Gasteiger partial charge in [-0.2, -0.15) is 0 Å². The molecule has 5 aliphatic heterocycles. The van der Waals surface area contributed by atoms with Crippen LogP contribution in [0.25, 0.3) is 0 Å². The predicted molar refractivity (Wildman–Crippen MR) is 254 cm³/mol. The van der Waals surface area contributed by atoms with Gasteiger partial charge in [0.1, 0.15) is 110 Å². The van der Waals surface area contributed by atoms with E-state index >= 15 is 0 Å². The van der Waals surface area contributed by atoms with Crippen molar-refractivity contribution >= 4 is 35.6 Å². The van der Waals surface area contributed by atoms with Crippen LogP contribution in [0.3, 0.4) is 0 Å². The van der Waals surface area contributed by atoms with Crippen LogP contribution in [0, 0.1) is 0 Å². The molecule has 5 saturated heterocycles. The molecule has 484 valence electrons. The van der Waals surface area contributed by atoms with Crippen LogP contribution in [0.5, 0.6) is 0 Å². The number of carboxylic acids is 3. The number of nitrogens with one attached hydrogen (secondary N) is 3. The SMILES string of the molecule is CC(=O)N[C@H]1[C@H]([C@H](O)[C@H](O)CO)O[C@@](O[C@H](CO)[C@@H](O)[C@@H]2O[C@@](O[C@H](CO)[C@@H](O)[C@@H]3O[C@@](O[C@H]4[C@@H](O)[C@@H](CO)O[C@@H](O[C@H]5[C@H](O)[C@@H](O)C(O)O[C@@H]5CO)[C@@H]4O)(C(=O)O)C[C@H](O)[C@H]3NC(C)=O)(C(=O)O)C[C@H](O)[C@H]2NC(=O)CO)(C(=O)O)C[C@@H]1O. The van der Waals surface area contributed by atoms with E-state index in [4.69, 9.17) is 42.6 Å². The second-order valence-electron chi connectivity index (χ2n) is 20.5. The second-order valence-corrected chi connectivity index (χ2v) is 20.5. The summed E-state index contributed by atoms with van der Waals surface area (Å²) in [5.41, 5.74) is 0. The Kier molecular flexibility index (Phi) is 24.5. The van der Waals surface area contributed by atoms with Crippen molar-refractivity contribution < 1.29 is 179 Å². The number of ether oxygens (including phenoxy) is 9. The Hall–Kier alpha value is -4.26. The Bertz CT molecular complexity index is 2240. The zero-order valence-corrected chi connectivity index (χ0v) is 44.3. The van der Waals surface area contributed by atoms with E-state index in [0.29, 0.717) is 0 Å². The number of aliphatic hydroxyl groups excluding tert-OH is 18. The molecule has 24 N–H and O–H groups in total. The summed E-state index contributed by atoms with van der Waals surface area (Å²) < 4.78 is 49.9. The van der Waals surface area contributed by atoms with Gasteiger partial charge >= 0.3 is 17.9 Å². The van der Waals surface area contributed by atoms with Crippen LogP contribution in [-0.4, -0.2) is 353 Å². The maximum atomic E-state index is 13.5. The molecule has 39 nitrogen and oxygen atoms in total. The molecule has 28 atom stereocenters. The third kappa shape index (κ3) is 15.0. The summed E-state index contributed by atoms with van der Waals surface area (Å²) >= 11 is 0. The lowest BCUT2D eigenvalue weighted by Gasteiger charge is -2.51. The van der Waals surface area contributed by atoms with Crippen LogP contribution in [0.2, 0.25) is 0 Å². The zero-order chi connectivity index (χ0) is 63.2. The maximum absolute atomic E-state index is 13.5. The summed E-state index contributed by atoms with van der Waals surface area (Å²) in [6.45, 7) is -6.25. The molecule has 0 radical (unpaired) electrons. The van der Waals surface area contributed by atoms with E-state index in [1.165, 1.54) is 0 Å². The van der Waals surface area contributed by atoms with E-state index in [1.807, 2.05) is 5.32 Å². The van der Waals surface area contributed by atoms with Gasteiger partial charge in [-0.25, -0.2) is 14.4 Å². The molecule has 0 aromatic carbocycles. The van der Waals surface area contributed by atoms with Crippen LogP contribution in [0.1, 0.15) is 33.1 Å². The summed E-state index contributed by atoms with van der Waals surface area (Å²) in [5.74, 6) is -20.6. The lowest BCUT2D eigenvalue weighted by Crippen LogP contribution is -2.72. The Morgan fingerprint density at radius 1 is 0.512 bits per heavy atom. The smallest absolute Gasteiger partial charge is 0.364 e. The van der Waals surface area contributed by atoms with Gasteiger partial charge in [0.15, 0.2) is 12.6 Å². The van der Waals surface area contributed by atoms with Crippen LogP contribution >= 0.6 is 0 Å². The highest BCUT2D eigenvalue weighted by atomic mass is 16.8. The fourth-order valence-electron chi connectivity index (χ4n) is 10.3. The number of hydrogen-bond donors (Lipinski definition) is 24.